The molecule has 0 radical (unpaired) electrons. The summed E-state index contributed by atoms with van der Waals surface area (Å²) in [4.78, 5) is 27.0. The van der Waals surface area contributed by atoms with E-state index in [4.69, 9.17) is 15.7 Å². The second-order valence-corrected chi connectivity index (χ2v) is 4.32. The number of carboxylic acid groups (broad SMARTS) is 1. The first-order valence-corrected chi connectivity index (χ1v) is 6.47. The average Bonchev–Trinajstić information content (AvgIpc) is 2.35. The Balaban J connectivity index is 4.01. The van der Waals surface area contributed by atoms with Crippen molar-refractivity contribution in [3.05, 3.63) is 0 Å². The molecule has 0 amide bonds. The van der Waals surface area contributed by atoms with Crippen LogP contribution in [-0.2, 0) is 14.4 Å². The molecule has 2 unspecified atom stereocenters. The van der Waals surface area contributed by atoms with Gasteiger partial charge in [0.2, 0.25) is 0 Å². The van der Waals surface area contributed by atoms with Crippen LogP contribution in [0.1, 0.15) is 52.4 Å². The molecule has 4 N–H and O–H groups in total. The number of nitrogens with one attached hydrogen (secondary N) is 1. The van der Waals surface area contributed by atoms with Crippen molar-refractivity contribution in [2.24, 2.45) is 5.73 Å². The molecule has 0 aliphatic heterocycles. The minimum Gasteiger partial charge on any atom is -0.480 e. The van der Waals surface area contributed by atoms with Gasteiger partial charge < -0.3 is 15.7 Å². The fourth-order valence-corrected chi connectivity index (χ4v) is 1.39. The molecule has 0 saturated heterocycles. The van der Waals surface area contributed by atoms with Crippen molar-refractivity contribution in [3.8, 4) is 0 Å². The number of nitrogens with two attached hydrogens (primary N) is 1. The number of carbonyl (C=O) groups excluding carboxylic acids is 1. The highest BCUT2D eigenvalue weighted by Crippen LogP contribution is 2.03. The van der Waals surface area contributed by atoms with Gasteiger partial charge in [-0.1, -0.05) is 39.5 Å². The molecule has 0 saturated carbocycles. The van der Waals surface area contributed by atoms with Gasteiger partial charge in [-0.25, -0.2) is 4.79 Å². The lowest BCUT2D eigenvalue weighted by Gasteiger charge is -2.15. The third kappa shape index (κ3) is 7.24. The number of carboxylic acids is 1. The van der Waals surface area contributed by atoms with Crippen molar-refractivity contribution in [1.82, 2.24) is 5.48 Å². The summed E-state index contributed by atoms with van der Waals surface area (Å²) in [6.07, 6.45) is 4.39. The van der Waals surface area contributed by atoms with Crippen molar-refractivity contribution in [2.45, 2.75) is 64.5 Å². The van der Waals surface area contributed by atoms with E-state index in [1.807, 2.05) is 13.8 Å². The Morgan fingerprint density at radius 2 is 1.78 bits per heavy atom. The normalized spacial score (nSPS) is 13.9. The highest BCUT2D eigenvalue weighted by Gasteiger charge is 2.21. The van der Waals surface area contributed by atoms with E-state index in [1.165, 1.54) is 0 Å². The van der Waals surface area contributed by atoms with Crippen LogP contribution in [0.2, 0.25) is 0 Å². The summed E-state index contributed by atoms with van der Waals surface area (Å²) in [5.41, 5.74) is 7.89. The molecule has 6 heteroatoms. The Labute approximate surface area is 108 Å². The lowest BCUT2D eigenvalue weighted by Crippen LogP contribution is -2.42. The van der Waals surface area contributed by atoms with Crippen LogP contribution in [-0.4, -0.2) is 29.1 Å². The Kier molecular flexibility index (Phi) is 9.22. The molecule has 0 aliphatic rings. The largest absolute Gasteiger partial charge is 0.480 e. The van der Waals surface area contributed by atoms with Gasteiger partial charge in [0.05, 0.1) is 0 Å². The molecule has 6 nitrogen and oxygen atoms in total. The predicted octanol–water partition coefficient (Wildman–Crippen LogP) is 1.20. The van der Waals surface area contributed by atoms with Crippen LogP contribution in [0.5, 0.6) is 0 Å². The van der Waals surface area contributed by atoms with Crippen LogP contribution in [0.25, 0.3) is 0 Å². The molecule has 0 aromatic rings. The SMILES string of the molecule is CCCCC(N)C(=O)ONC(CCCC)C(=O)O. The topological polar surface area (TPSA) is 102 Å². The van der Waals surface area contributed by atoms with Crippen LogP contribution in [0.15, 0.2) is 0 Å². The van der Waals surface area contributed by atoms with Crippen LogP contribution in [0.3, 0.4) is 0 Å². The highest BCUT2D eigenvalue weighted by atomic mass is 16.7. The van der Waals surface area contributed by atoms with Gasteiger partial charge in [0.15, 0.2) is 0 Å². The lowest BCUT2D eigenvalue weighted by atomic mass is 10.1. The summed E-state index contributed by atoms with van der Waals surface area (Å²) in [5.74, 6) is -1.63. The van der Waals surface area contributed by atoms with E-state index in [9.17, 15) is 9.59 Å². The van der Waals surface area contributed by atoms with Gasteiger partial charge in [-0.05, 0) is 12.8 Å². The second kappa shape index (κ2) is 9.85. The molecule has 0 spiro atoms. The summed E-state index contributed by atoms with van der Waals surface area (Å²) in [6, 6.07) is -1.56. The Morgan fingerprint density at radius 3 is 2.28 bits per heavy atom. The minimum atomic E-state index is -1.03. The maximum Gasteiger partial charge on any atom is 0.341 e. The molecule has 0 aliphatic carbocycles. The zero-order chi connectivity index (χ0) is 14.0. The molecule has 0 aromatic heterocycles. The van der Waals surface area contributed by atoms with E-state index >= 15 is 0 Å². The number of rotatable bonds is 10. The van der Waals surface area contributed by atoms with Gasteiger partial charge in [-0.15, -0.1) is 5.48 Å². The zero-order valence-corrected chi connectivity index (χ0v) is 11.1. The van der Waals surface area contributed by atoms with E-state index in [0.717, 1.165) is 25.7 Å². The van der Waals surface area contributed by atoms with E-state index in [2.05, 4.69) is 5.48 Å². The highest BCUT2D eigenvalue weighted by molar-refractivity contribution is 5.76. The van der Waals surface area contributed by atoms with Gasteiger partial charge in [-0.3, -0.25) is 4.79 Å². The van der Waals surface area contributed by atoms with Gasteiger partial charge in [-0.2, -0.15) is 0 Å². The number of carbonyl (C=O) groups is 2. The van der Waals surface area contributed by atoms with Crippen LogP contribution in [0.4, 0.5) is 0 Å². The fourth-order valence-electron chi connectivity index (χ4n) is 1.39. The number of hydrogen-bond acceptors (Lipinski definition) is 5. The summed E-state index contributed by atoms with van der Waals surface area (Å²) in [5, 5.41) is 8.91. The van der Waals surface area contributed by atoms with Gasteiger partial charge in [0, 0.05) is 0 Å². The Hall–Kier alpha value is -1.14. The number of hydroxylamine groups is 1. The fraction of sp³-hybridized carbons (Fsp3) is 0.833. The summed E-state index contributed by atoms with van der Waals surface area (Å²) < 4.78 is 0. The van der Waals surface area contributed by atoms with Gasteiger partial charge >= 0.3 is 11.9 Å². The Bertz CT molecular complexity index is 258. The molecule has 2 atom stereocenters. The van der Waals surface area contributed by atoms with Crippen LogP contribution in [0, 0.1) is 0 Å². The van der Waals surface area contributed by atoms with Crippen LogP contribution >= 0.6 is 0 Å². The molecule has 0 heterocycles. The number of unbranched alkanes of at least 4 members (excludes halogenated alkanes) is 2. The van der Waals surface area contributed by atoms with Gasteiger partial charge in [0.1, 0.15) is 12.1 Å². The Morgan fingerprint density at radius 1 is 1.22 bits per heavy atom. The monoisotopic (exact) mass is 260 g/mol. The number of aliphatic carboxylic acids is 1. The minimum absolute atomic E-state index is 0.420. The third-order valence-electron chi connectivity index (χ3n) is 2.62. The van der Waals surface area contributed by atoms with E-state index < -0.39 is 24.0 Å². The van der Waals surface area contributed by atoms with Crippen LogP contribution < -0.4 is 11.2 Å². The molecule has 0 fully saturated rings. The van der Waals surface area contributed by atoms with Gasteiger partial charge in [0.25, 0.3) is 0 Å². The summed E-state index contributed by atoms with van der Waals surface area (Å²) in [7, 11) is 0. The first-order valence-electron chi connectivity index (χ1n) is 6.47. The van der Waals surface area contributed by atoms with Crippen molar-refractivity contribution < 1.29 is 19.5 Å². The van der Waals surface area contributed by atoms with Crippen molar-refractivity contribution >= 4 is 11.9 Å². The molecular weight excluding hydrogens is 236 g/mol. The molecule has 0 aromatic carbocycles. The maximum absolute atomic E-state index is 11.4. The molecule has 0 bridgehead atoms. The standard InChI is InChI=1S/C12H24N2O4/c1-3-5-7-9(13)12(17)18-14-10(11(15)16)8-6-4-2/h9-10,14H,3-8,13H2,1-2H3,(H,15,16). The molecule has 18 heavy (non-hydrogen) atoms. The second-order valence-electron chi connectivity index (χ2n) is 4.32. The third-order valence-corrected chi connectivity index (χ3v) is 2.62. The lowest BCUT2D eigenvalue weighted by molar-refractivity contribution is -0.159. The van der Waals surface area contributed by atoms with E-state index in [0.29, 0.717) is 12.8 Å². The first kappa shape index (κ1) is 16.9. The van der Waals surface area contributed by atoms with E-state index in [-0.39, 0.29) is 0 Å². The van der Waals surface area contributed by atoms with Crippen molar-refractivity contribution in [2.75, 3.05) is 0 Å². The molecule has 106 valence electrons. The summed E-state index contributed by atoms with van der Waals surface area (Å²) in [6.45, 7) is 3.97. The first-order chi connectivity index (χ1) is 8.52. The van der Waals surface area contributed by atoms with Crippen molar-refractivity contribution in [3.63, 3.8) is 0 Å². The quantitative estimate of drug-likeness (QED) is 0.510. The maximum atomic E-state index is 11.4. The molecular formula is C12H24N2O4. The number of hydrogen-bond donors (Lipinski definition) is 3. The predicted molar refractivity (Wildman–Crippen MR) is 67.7 cm³/mol. The zero-order valence-electron chi connectivity index (χ0n) is 11.1. The summed E-state index contributed by atoms with van der Waals surface area (Å²) >= 11 is 0. The smallest absolute Gasteiger partial charge is 0.341 e. The molecule has 0 rings (SSSR count). The van der Waals surface area contributed by atoms with Crippen molar-refractivity contribution in [1.29, 1.82) is 0 Å². The van der Waals surface area contributed by atoms with E-state index in [1.54, 1.807) is 0 Å². The average molecular weight is 260 g/mol.